The monoisotopic (exact) mass is 464 g/mol. The summed E-state index contributed by atoms with van der Waals surface area (Å²) < 4.78 is 16.5. The normalized spacial score (nSPS) is 15.8. The first-order valence-corrected chi connectivity index (χ1v) is 10.3. The molecule has 1 aliphatic heterocycles. The summed E-state index contributed by atoms with van der Waals surface area (Å²) in [5, 5.41) is 6.37. The van der Waals surface area contributed by atoms with Gasteiger partial charge in [-0.3, -0.25) is 0 Å². The van der Waals surface area contributed by atoms with Gasteiger partial charge in [0.05, 0.1) is 25.8 Å². The lowest BCUT2D eigenvalue weighted by Crippen LogP contribution is -2.45. The predicted octanol–water partition coefficient (Wildman–Crippen LogP) is 4.77. The van der Waals surface area contributed by atoms with Crippen LogP contribution in [-0.2, 0) is 16.1 Å². The molecule has 0 spiro atoms. The fourth-order valence-electron chi connectivity index (χ4n) is 3.37. The van der Waals surface area contributed by atoms with Crippen LogP contribution in [0.5, 0.6) is 11.5 Å². The van der Waals surface area contributed by atoms with Crippen LogP contribution in [0.4, 0.5) is 4.79 Å². The molecule has 9 heteroatoms. The molecule has 0 aromatic heterocycles. The van der Waals surface area contributed by atoms with Crippen LogP contribution in [0, 0.1) is 0 Å². The Morgan fingerprint density at radius 3 is 2.39 bits per heavy atom. The highest BCUT2D eigenvalue weighted by molar-refractivity contribution is 6.35. The number of urea groups is 1. The average Bonchev–Trinajstić information content (AvgIpc) is 2.77. The van der Waals surface area contributed by atoms with Crippen molar-refractivity contribution in [1.29, 1.82) is 0 Å². The summed E-state index contributed by atoms with van der Waals surface area (Å²) in [4.78, 5) is 24.9. The van der Waals surface area contributed by atoms with Crippen molar-refractivity contribution in [3.05, 3.63) is 68.8 Å². The van der Waals surface area contributed by atoms with Gasteiger partial charge in [0, 0.05) is 26.9 Å². The van der Waals surface area contributed by atoms with Crippen LogP contribution < -0.4 is 20.1 Å². The number of benzene rings is 2. The highest BCUT2D eigenvalue weighted by atomic mass is 35.5. The molecule has 1 unspecified atom stereocenters. The van der Waals surface area contributed by atoms with Gasteiger partial charge < -0.3 is 24.8 Å². The SMILES string of the molecule is CCC1=C(C(=O)OC)C(c2cccc(OC)c2OCc2c(Cl)cccc2Cl)NC(=O)N1. The maximum atomic E-state index is 12.6. The number of para-hydroxylation sites is 1. The zero-order chi connectivity index (χ0) is 22.5. The van der Waals surface area contributed by atoms with E-state index in [0.29, 0.717) is 50.4 Å². The highest BCUT2D eigenvalue weighted by Crippen LogP contribution is 2.40. The Balaban J connectivity index is 2.08. The topological polar surface area (TPSA) is 85.9 Å². The molecule has 31 heavy (non-hydrogen) atoms. The van der Waals surface area contributed by atoms with Crippen molar-refractivity contribution < 1.29 is 23.8 Å². The standard InChI is InChI=1S/C22H22Cl2N2O5/c1-4-16-18(21(27)30-3)19(26-22(28)25-16)12-7-5-10-17(29-2)20(12)31-11-13-14(23)8-6-9-15(13)24/h5-10,19H,4,11H2,1-3H3,(H2,25,26,28). The maximum absolute atomic E-state index is 12.6. The third-order valence-corrected chi connectivity index (χ3v) is 5.58. The minimum absolute atomic E-state index is 0.0582. The minimum Gasteiger partial charge on any atom is -0.493 e. The number of hydrogen-bond acceptors (Lipinski definition) is 5. The summed E-state index contributed by atoms with van der Waals surface area (Å²) in [6, 6.07) is 9.16. The second kappa shape index (κ2) is 9.94. The molecule has 0 aliphatic carbocycles. The van der Waals surface area contributed by atoms with Gasteiger partial charge in [-0.05, 0) is 24.6 Å². The van der Waals surface area contributed by atoms with Gasteiger partial charge in [-0.15, -0.1) is 0 Å². The van der Waals surface area contributed by atoms with Gasteiger partial charge >= 0.3 is 12.0 Å². The fraction of sp³-hybridized carbons (Fsp3) is 0.273. The first-order valence-electron chi connectivity index (χ1n) is 9.52. The summed E-state index contributed by atoms with van der Waals surface area (Å²) in [7, 11) is 2.79. The lowest BCUT2D eigenvalue weighted by molar-refractivity contribution is -0.136. The van der Waals surface area contributed by atoms with Crippen molar-refractivity contribution in [2.24, 2.45) is 0 Å². The predicted molar refractivity (Wildman–Crippen MR) is 118 cm³/mol. The van der Waals surface area contributed by atoms with E-state index in [0.717, 1.165) is 0 Å². The Bertz CT molecular complexity index is 1020. The molecular formula is C22H22Cl2N2O5. The molecule has 2 aromatic rings. The lowest BCUT2D eigenvalue weighted by atomic mass is 9.93. The smallest absolute Gasteiger partial charge is 0.337 e. The summed E-state index contributed by atoms with van der Waals surface area (Å²) in [5.74, 6) is 0.220. The van der Waals surface area contributed by atoms with Crippen molar-refractivity contribution in [2.45, 2.75) is 26.0 Å². The third kappa shape index (κ3) is 4.73. The molecule has 0 saturated carbocycles. The second-order valence-corrected chi connectivity index (χ2v) is 7.45. The number of amides is 2. The van der Waals surface area contributed by atoms with Gasteiger partial charge in [-0.2, -0.15) is 0 Å². The Morgan fingerprint density at radius 2 is 1.77 bits per heavy atom. The average molecular weight is 465 g/mol. The van der Waals surface area contributed by atoms with Crippen molar-refractivity contribution in [1.82, 2.24) is 10.6 Å². The summed E-state index contributed by atoms with van der Waals surface area (Å²) in [6.07, 6.45) is 0.434. The first-order chi connectivity index (χ1) is 14.9. The molecule has 0 fully saturated rings. The van der Waals surface area contributed by atoms with E-state index in [4.69, 9.17) is 37.4 Å². The molecule has 164 valence electrons. The molecule has 1 heterocycles. The molecule has 2 amide bonds. The molecule has 0 saturated heterocycles. The largest absolute Gasteiger partial charge is 0.493 e. The van der Waals surface area contributed by atoms with Gasteiger partial charge in [0.15, 0.2) is 11.5 Å². The van der Waals surface area contributed by atoms with Crippen LogP contribution >= 0.6 is 23.2 Å². The second-order valence-electron chi connectivity index (χ2n) is 6.64. The Labute approximate surface area is 190 Å². The number of hydrogen-bond donors (Lipinski definition) is 2. The zero-order valence-corrected chi connectivity index (χ0v) is 18.8. The molecule has 1 aliphatic rings. The molecule has 2 aromatic carbocycles. The minimum atomic E-state index is -0.803. The molecule has 1 atom stereocenters. The van der Waals surface area contributed by atoms with E-state index in [1.165, 1.54) is 14.2 Å². The van der Waals surface area contributed by atoms with Crippen LogP contribution in [-0.4, -0.2) is 26.2 Å². The number of allylic oxidation sites excluding steroid dienone is 1. The third-order valence-electron chi connectivity index (χ3n) is 4.88. The first kappa shape index (κ1) is 22.8. The molecule has 0 bridgehead atoms. The van der Waals surface area contributed by atoms with Gasteiger partial charge in [0.2, 0.25) is 0 Å². The van der Waals surface area contributed by atoms with Crippen molar-refractivity contribution in [3.8, 4) is 11.5 Å². The molecule has 3 rings (SSSR count). The zero-order valence-electron chi connectivity index (χ0n) is 17.3. The maximum Gasteiger partial charge on any atom is 0.337 e. The number of ether oxygens (including phenoxy) is 3. The van der Waals surface area contributed by atoms with Crippen LogP contribution in [0.3, 0.4) is 0 Å². The van der Waals surface area contributed by atoms with E-state index in [2.05, 4.69) is 10.6 Å². The van der Waals surface area contributed by atoms with Crippen LogP contribution in [0.25, 0.3) is 0 Å². The Kier molecular flexibility index (Phi) is 7.30. The van der Waals surface area contributed by atoms with E-state index in [1.54, 1.807) is 36.4 Å². The number of esters is 1. The highest BCUT2D eigenvalue weighted by Gasteiger charge is 2.35. The quantitative estimate of drug-likeness (QED) is 0.576. The fourth-order valence-corrected chi connectivity index (χ4v) is 3.88. The van der Waals surface area contributed by atoms with Crippen LogP contribution in [0.1, 0.15) is 30.5 Å². The number of carbonyl (C=O) groups excluding carboxylic acids is 2. The van der Waals surface area contributed by atoms with E-state index >= 15 is 0 Å². The van der Waals surface area contributed by atoms with Crippen molar-refractivity contribution in [2.75, 3.05) is 14.2 Å². The van der Waals surface area contributed by atoms with Crippen LogP contribution in [0.2, 0.25) is 10.0 Å². The van der Waals surface area contributed by atoms with E-state index in [9.17, 15) is 9.59 Å². The number of methoxy groups -OCH3 is 2. The molecular weight excluding hydrogens is 443 g/mol. The Morgan fingerprint density at radius 1 is 1.10 bits per heavy atom. The van der Waals surface area contributed by atoms with E-state index in [-0.39, 0.29) is 6.61 Å². The summed E-state index contributed by atoms with van der Waals surface area (Å²) in [6.45, 7) is 1.89. The van der Waals surface area contributed by atoms with Crippen molar-refractivity contribution in [3.63, 3.8) is 0 Å². The van der Waals surface area contributed by atoms with Gasteiger partial charge in [0.25, 0.3) is 0 Å². The number of nitrogens with one attached hydrogen (secondary N) is 2. The van der Waals surface area contributed by atoms with Gasteiger partial charge in [0.1, 0.15) is 6.61 Å². The van der Waals surface area contributed by atoms with E-state index in [1.807, 2.05) is 6.92 Å². The number of carbonyl (C=O) groups is 2. The van der Waals surface area contributed by atoms with Gasteiger partial charge in [-0.25, -0.2) is 9.59 Å². The summed E-state index contributed by atoms with van der Waals surface area (Å²) >= 11 is 12.5. The molecule has 0 radical (unpaired) electrons. The van der Waals surface area contributed by atoms with Crippen molar-refractivity contribution >= 4 is 35.2 Å². The van der Waals surface area contributed by atoms with Crippen LogP contribution in [0.15, 0.2) is 47.7 Å². The Hall–Kier alpha value is -2.90. The molecule has 7 nitrogen and oxygen atoms in total. The number of halogens is 2. The van der Waals surface area contributed by atoms with E-state index < -0.39 is 18.0 Å². The van der Waals surface area contributed by atoms with Gasteiger partial charge in [-0.1, -0.05) is 48.3 Å². The summed E-state index contributed by atoms with van der Waals surface area (Å²) in [5.41, 5.74) is 1.90. The number of rotatable bonds is 7. The lowest BCUT2D eigenvalue weighted by Gasteiger charge is -2.30. The molecule has 2 N–H and O–H groups in total.